The lowest BCUT2D eigenvalue weighted by Crippen LogP contribution is -2.12. The van der Waals surface area contributed by atoms with Crippen LogP contribution in [0, 0.1) is 0 Å². The van der Waals surface area contributed by atoms with Crippen molar-refractivity contribution in [3.63, 3.8) is 0 Å². The van der Waals surface area contributed by atoms with E-state index in [2.05, 4.69) is 63.2 Å². The molecule has 0 aliphatic rings. The number of para-hydroxylation sites is 2. The van der Waals surface area contributed by atoms with Gasteiger partial charge in [-0.05, 0) is 23.1 Å². The zero-order valence-corrected chi connectivity index (χ0v) is 11.1. The normalized spacial score (nSPS) is 12.2. The summed E-state index contributed by atoms with van der Waals surface area (Å²) in [7, 11) is 0. The number of hydrogen-bond donors (Lipinski definition) is 0. The number of nitrogens with zero attached hydrogens (tertiary/aromatic N) is 1. The Bertz CT molecular complexity index is 720. The summed E-state index contributed by atoms with van der Waals surface area (Å²) < 4.78 is 0. The van der Waals surface area contributed by atoms with Gasteiger partial charge in [0.2, 0.25) is 0 Å². The van der Waals surface area contributed by atoms with Crippen LogP contribution in [0.25, 0.3) is 21.8 Å². The number of aromatic nitrogens is 1. The second kappa shape index (κ2) is 3.81. The molecule has 0 aliphatic heterocycles. The van der Waals surface area contributed by atoms with Crippen molar-refractivity contribution in [3.05, 3.63) is 54.1 Å². The Morgan fingerprint density at radius 1 is 0.833 bits per heavy atom. The van der Waals surface area contributed by atoms with E-state index in [4.69, 9.17) is 4.98 Å². The maximum atomic E-state index is 4.84. The highest BCUT2D eigenvalue weighted by Crippen LogP contribution is 2.30. The monoisotopic (exact) mass is 235 g/mol. The Kier molecular flexibility index (Phi) is 2.37. The summed E-state index contributed by atoms with van der Waals surface area (Å²) in [5.74, 6) is 0. The zero-order chi connectivity index (χ0) is 12.8. The van der Waals surface area contributed by atoms with Gasteiger partial charge in [-0.15, -0.1) is 0 Å². The number of hydrogen-bond acceptors (Lipinski definition) is 1. The van der Waals surface area contributed by atoms with E-state index in [0.29, 0.717) is 0 Å². The number of pyridine rings is 1. The standard InChI is InChI=1S/C17H17N/c1-17(2,3)14-9-6-8-13-11-12-7-4-5-10-15(12)18-16(13)14/h4-11H,1-3H3. The van der Waals surface area contributed by atoms with Crippen LogP contribution in [0.4, 0.5) is 0 Å². The summed E-state index contributed by atoms with van der Waals surface area (Å²) in [5.41, 5.74) is 3.63. The molecule has 0 spiro atoms. The summed E-state index contributed by atoms with van der Waals surface area (Å²) in [6, 6.07) is 17.0. The van der Waals surface area contributed by atoms with Gasteiger partial charge in [0.1, 0.15) is 0 Å². The maximum absolute atomic E-state index is 4.84. The van der Waals surface area contributed by atoms with Crippen LogP contribution < -0.4 is 0 Å². The Hall–Kier alpha value is -1.89. The molecule has 2 aromatic carbocycles. The van der Waals surface area contributed by atoms with Gasteiger partial charge in [0.05, 0.1) is 11.0 Å². The van der Waals surface area contributed by atoms with Crippen molar-refractivity contribution >= 4 is 21.8 Å². The number of rotatable bonds is 0. The first kappa shape index (κ1) is 11.2. The van der Waals surface area contributed by atoms with Gasteiger partial charge in [0.25, 0.3) is 0 Å². The SMILES string of the molecule is CC(C)(C)c1cccc2cc3ccccc3nc12. The third kappa shape index (κ3) is 1.76. The van der Waals surface area contributed by atoms with E-state index in [1.165, 1.54) is 16.3 Å². The van der Waals surface area contributed by atoms with Gasteiger partial charge >= 0.3 is 0 Å². The third-order valence-corrected chi connectivity index (χ3v) is 3.36. The van der Waals surface area contributed by atoms with E-state index >= 15 is 0 Å². The first-order chi connectivity index (χ1) is 8.55. The highest BCUT2D eigenvalue weighted by atomic mass is 14.7. The van der Waals surface area contributed by atoms with Crippen molar-refractivity contribution in [2.75, 3.05) is 0 Å². The molecule has 0 unspecified atom stereocenters. The molecule has 0 bridgehead atoms. The molecule has 0 N–H and O–H groups in total. The second-order valence-corrected chi connectivity index (χ2v) is 5.81. The van der Waals surface area contributed by atoms with E-state index in [1.807, 2.05) is 6.07 Å². The van der Waals surface area contributed by atoms with Crippen molar-refractivity contribution in [1.29, 1.82) is 0 Å². The minimum absolute atomic E-state index is 0.120. The Morgan fingerprint density at radius 2 is 1.56 bits per heavy atom. The molecule has 90 valence electrons. The molecule has 1 heteroatoms. The van der Waals surface area contributed by atoms with E-state index in [9.17, 15) is 0 Å². The van der Waals surface area contributed by atoms with Gasteiger partial charge in [-0.3, -0.25) is 0 Å². The summed E-state index contributed by atoms with van der Waals surface area (Å²) in [6.45, 7) is 6.70. The molecule has 0 amide bonds. The van der Waals surface area contributed by atoms with Crippen LogP contribution in [-0.4, -0.2) is 4.98 Å². The van der Waals surface area contributed by atoms with Gasteiger partial charge in [0.15, 0.2) is 0 Å². The van der Waals surface area contributed by atoms with Crippen LogP contribution in [0.2, 0.25) is 0 Å². The maximum Gasteiger partial charge on any atom is 0.0747 e. The topological polar surface area (TPSA) is 12.9 Å². The van der Waals surface area contributed by atoms with Gasteiger partial charge in [-0.25, -0.2) is 4.98 Å². The van der Waals surface area contributed by atoms with Gasteiger partial charge in [-0.2, -0.15) is 0 Å². The van der Waals surface area contributed by atoms with Crippen molar-refractivity contribution < 1.29 is 0 Å². The highest BCUT2D eigenvalue weighted by molar-refractivity contribution is 5.94. The predicted octanol–water partition coefficient (Wildman–Crippen LogP) is 4.69. The molecule has 0 saturated carbocycles. The first-order valence-corrected chi connectivity index (χ1v) is 6.35. The molecule has 3 aromatic rings. The minimum Gasteiger partial charge on any atom is -0.247 e. The predicted molar refractivity (Wildman–Crippen MR) is 77.9 cm³/mol. The fourth-order valence-corrected chi connectivity index (χ4v) is 2.41. The van der Waals surface area contributed by atoms with Crippen LogP contribution in [0.1, 0.15) is 26.3 Å². The molecule has 0 radical (unpaired) electrons. The van der Waals surface area contributed by atoms with Crippen LogP contribution in [0.3, 0.4) is 0 Å². The lowest BCUT2D eigenvalue weighted by atomic mass is 9.85. The first-order valence-electron chi connectivity index (χ1n) is 6.35. The zero-order valence-electron chi connectivity index (χ0n) is 11.1. The number of benzene rings is 2. The van der Waals surface area contributed by atoms with E-state index in [-0.39, 0.29) is 5.41 Å². The van der Waals surface area contributed by atoms with Crippen molar-refractivity contribution in [2.24, 2.45) is 0 Å². The Balaban J connectivity index is 2.44. The Morgan fingerprint density at radius 3 is 2.33 bits per heavy atom. The van der Waals surface area contributed by atoms with Gasteiger partial charge in [-0.1, -0.05) is 57.2 Å². The summed E-state index contributed by atoms with van der Waals surface area (Å²) in [5, 5.41) is 2.43. The number of fused-ring (bicyclic) bond motifs is 2. The van der Waals surface area contributed by atoms with Crippen LogP contribution in [0.5, 0.6) is 0 Å². The average molecular weight is 235 g/mol. The largest absolute Gasteiger partial charge is 0.247 e. The minimum atomic E-state index is 0.120. The molecule has 0 aliphatic carbocycles. The smallest absolute Gasteiger partial charge is 0.0747 e. The average Bonchev–Trinajstić information content (AvgIpc) is 2.34. The summed E-state index contributed by atoms with van der Waals surface area (Å²) in [6.07, 6.45) is 0. The van der Waals surface area contributed by atoms with E-state index in [0.717, 1.165) is 11.0 Å². The molecular weight excluding hydrogens is 218 g/mol. The summed E-state index contributed by atoms with van der Waals surface area (Å²) in [4.78, 5) is 4.84. The molecule has 0 saturated heterocycles. The van der Waals surface area contributed by atoms with Crippen LogP contribution in [-0.2, 0) is 5.41 Å². The molecular formula is C17H17N. The molecule has 1 nitrogen and oxygen atoms in total. The van der Waals surface area contributed by atoms with E-state index < -0.39 is 0 Å². The molecule has 3 rings (SSSR count). The molecule has 0 fully saturated rings. The molecule has 18 heavy (non-hydrogen) atoms. The molecule has 0 atom stereocenters. The van der Waals surface area contributed by atoms with Gasteiger partial charge in [0, 0.05) is 10.8 Å². The second-order valence-electron chi connectivity index (χ2n) is 5.81. The van der Waals surface area contributed by atoms with Crippen LogP contribution in [0.15, 0.2) is 48.5 Å². The van der Waals surface area contributed by atoms with Crippen molar-refractivity contribution in [2.45, 2.75) is 26.2 Å². The van der Waals surface area contributed by atoms with E-state index in [1.54, 1.807) is 0 Å². The van der Waals surface area contributed by atoms with Crippen molar-refractivity contribution in [1.82, 2.24) is 4.98 Å². The van der Waals surface area contributed by atoms with Gasteiger partial charge < -0.3 is 0 Å². The fraction of sp³-hybridized carbons (Fsp3) is 0.235. The Labute approximate surface area is 107 Å². The lowest BCUT2D eigenvalue weighted by molar-refractivity contribution is 0.595. The highest BCUT2D eigenvalue weighted by Gasteiger charge is 2.17. The molecule has 1 heterocycles. The molecule has 1 aromatic heterocycles. The lowest BCUT2D eigenvalue weighted by Gasteiger charge is -2.20. The summed E-state index contributed by atoms with van der Waals surface area (Å²) >= 11 is 0. The fourth-order valence-electron chi connectivity index (χ4n) is 2.41. The van der Waals surface area contributed by atoms with Crippen LogP contribution >= 0.6 is 0 Å². The van der Waals surface area contributed by atoms with Crippen molar-refractivity contribution in [3.8, 4) is 0 Å². The quantitative estimate of drug-likeness (QED) is 0.515. The third-order valence-electron chi connectivity index (χ3n) is 3.36.